The summed E-state index contributed by atoms with van der Waals surface area (Å²) in [6.07, 6.45) is 1.76. The molecule has 0 saturated carbocycles. The molecule has 5 nitrogen and oxygen atoms in total. The van der Waals surface area contributed by atoms with Crippen LogP contribution in [0.5, 0.6) is 0 Å². The number of nitrogens with zero attached hydrogens (tertiary/aromatic N) is 1. The molecule has 0 heterocycles. The average Bonchev–Trinajstić information content (AvgIpc) is 2.50. The van der Waals surface area contributed by atoms with Crippen LogP contribution >= 0.6 is 35.6 Å². The van der Waals surface area contributed by atoms with Gasteiger partial charge in [0.05, 0.1) is 0 Å². The third-order valence-corrected chi connectivity index (χ3v) is 3.13. The Kier molecular flexibility index (Phi) is 12.8. The van der Waals surface area contributed by atoms with Crippen molar-refractivity contribution in [2.75, 3.05) is 26.2 Å². The predicted molar refractivity (Wildman–Crippen MR) is 108 cm³/mol. The first kappa shape index (κ1) is 22.0. The van der Waals surface area contributed by atoms with E-state index >= 15 is 0 Å². The fourth-order valence-corrected chi connectivity index (χ4v) is 2.04. The Balaban J connectivity index is 0.00000484. The maximum Gasteiger partial charge on any atom is 0.241 e. The smallest absolute Gasteiger partial charge is 0.241 e. The van der Waals surface area contributed by atoms with Gasteiger partial charge in [-0.1, -0.05) is 30.7 Å². The molecule has 0 unspecified atom stereocenters. The number of aliphatic imine (C=N–C) groups is 1. The molecule has 3 N–H and O–H groups in total. The van der Waals surface area contributed by atoms with Gasteiger partial charge in [-0.2, -0.15) is 0 Å². The largest absolute Gasteiger partial charge is 0.357 e. The lowest BCUT2D eigenvalue weighted by molar-refractivity contribution is -0.119. The minimum absolute atomic E-state index is 0. The second-order valence-corrected chi connectivity index (χ2v) is 5.29. The zero-order valence-corrected chi connectivity index (χ0v) is 16.8. The van der Waals surface area contributed by atoms with Crippen molar-refractivity contribution in [3.8, 4) is 0 Å². The third-order valence-electron chi connectivity index (χ3n) is 2.89. The molecule has 0 aliphatic rings. The maximum atomic E-state index is 11.6. The van der Waals surface area contributed by atoms with Gasteiger partial charge in [0.25, 0.3) is 0 Å². The molecule has 0 bridgehead atoms. The average molecular weight is 453 g/mol. The van der Waals surface area contributed by atoms with Crippen LogP contribution in [0.3, 0.4) is 0 Å². The lowest BCUT2D eigenvalue weighted by atomic mass is 10.1. The van der Waals surface area contributed by atoms with Crippen LogP contribution in [-0.4, -0.2) is 38.0 Å². The highest BCUT2D eigenvalue weighted by atomic mass is 127. The number of amides is 1. The Morgan fingerprint density at radius 3 is 2.61 bits per heavy atom. The quantitative estimate of drug-likeness (QED) is 0.323. The van der Waals surface area contributed by atoms with E-state index in [1.807, 2.05) is 38.1 Å². The van der Waals surface area contributed by atoms with E-state index < -0.39 is 0 Å². The van der Waals surface area contributed by atoms with Gasteiger partial charge in [-0.3, -0.25) is 4.79 Å². The van der Waals surface area contributed by atoms with E-state index in [4.69, 9.17) is 11.6 Å². The van der Waals surface area contributed by atoms with Gasteiger partial charge in [0.2, 0.25) is 5.91 Å². The van der Waals surface area contributed by atoms with Crippen molar-refractivity contribution < 1.29 is 4.79 Å². The minimum atomic E-state index is -0.0612. The topological polar surface area (TPSA) is 65.5 Å². The first-order chi connectivity index (χ1) is 10.7. The second kappa shape index (κ2) is 13.4. The van der Waals surface area contributed by atoms with Gasteiger partial charge in [0, 0.05) is 24.7 Å². The molecule has 1 aromatic rings. The highest BCUT2D eigenvalue weighted by molar-refractivity contribution is 14.0. The first-order valence-electron chi connectivity index (χ1n) is 7.69. The number of carbonyl (C=O) groups excluding carboxylic acids is 1. The summed E-state index contributed by atoms with van der Waals surface area (Å²) >= 11 is 5.96. The van der Waals surface area contributed by atoms with Gasteiger partial charge in [-0.25, -0.2) is 4.99 Å². The molecule has 0 aliphatic carbocycles. The molecule has 23 heavy (non-hydrogen) atoms. The molecule has 0 aromatic heterocycles. The lowest BCUT2D eigenvalue weighted by Gasteiger charge is -2.11. The van der Waals surface area contributed by atoms with Crippen molar-refractivity contribution >= 4 is 47.4 Å². The van der Waals surface area contributed by atoms with E-state index in [1.165, 1.54) is 0 Å². The van der Waals surface area contributed by atoms with Crippen LogP contribution in [0.15, 0.2) is 29.3 Å². The Morgan fingerprint density at radius 2 is 1.96 bits per heavy atom. The monoisotopic (exact) mass is 452 g/mol. The molecule has 0 saturated heterocycles. The summed E-state index contributed by atoms with van der Waals surface area (Å²) in [4.78, 5) is 15.8. The van der Waals surface area contributed by atoms with E-state index in [-0.39, 0.29) is 36.4 Å². The van der Waals surface area contributed by atoms with E-state index in [2.05, 4.69) is 20.9 Å². The summed E-state index contributed by atoms with van der Waals surface area (Å²) in [5, 5.41) is 9.88. The van der Waals surface area contributed by atoms with Crippen molar-refractivity contribution in [1.29, 1.82) is 0 Å². The van der Waals surface area contributed by atoms with Crippen LogP contribution < -0.4 is 16.0 Å². The molecule has 0 spiro atoms. The van der Waals surface area contributed by atoms with Gasteiger partial charge in [0.1, 0.15) is 6.54 Å². The number of rotatable bonds is 8. The normalized spacial score (nSPS) is 10.7. The van der Waals surface area contributed by atoms with E-state index in [0.717, 1.165) is 36.5 Å². The summed E-state index contributed by atoms with van der Waals surface area (Å²) in [5.41, 5.74) is 1.16. The second-order valence-electron chi connectivity index (χ2n) is 4.85. The molecule has 0 radical (unpaired) electrons. The summed E-state index contributed by atoms with van der Waals surface area (Å²) in [6, 6.07) is 7.79. The summed E-state index contributed by atoms with van der Waals surface area (Å²) < 4.78 is 0. The van der Waals surface area contributed by atoms with Gasteiger partial charge in [0.15, 0.2) is 5.96 Å². The lowest BCUT2D eigenvalue weighted by Crippen LogP contribution is -2.39. The number of hydrogen-bond acceptors (Lipinski definition) is 2. The van der Waals surface area contributed by atoms with Crippen LogP contribution in [-0.2, 0) is 11.2 Å². The zero-order valence-electron chi connectivity index (χ0n) is 13.7. The Morgan fingerprint density at radius 1 is 1.17 bits per heavy atom. The zero-order chi connectivity index (χ0) is 16.2. The van der Waals surface area contributed by atoms with Crippen LogP contribution in [0.25, 0.3) is 0 Å². The van der Waals surface area contributed by atoms with Crippen LogP contribution in [0, 0.1) is 0 Å². The van der Waals surface area contributed by atoms with Crippen molar-refractivity contribution in [2.24, 2.45) is 4.99 Å². The number of halogens is 2. The van der Waals surface area contributed by atoms with E-state index in [0.29, 0.717) is 12.5 Å². The van der Waals surface area contributed by atoms with Crippen LogP contribution in [0.2, 0.25) is 5.02 Å². The van der Waals surface area contributed by atoms with Crippen LogP contribution in [0.1, 0.15) is 25.8 Å². The van der Waals surface area contributed by atoms with E-state index in [1.54, 1.807) is 0 Å². The molecule has 1 aromatic carbocycles. The molecule has 1 amide bonds. The standard InChI is InChI=1S/C16H25ClN4O.HI/c1-3-9-19-15(22)12-21-16(18-4-2)20-10-8-13-6-5-7-14(17)11-13;/h5-7,11H,3-4,8-10,12H2,1-2H3,(H,19,22)(H2,18,20,21);1H. The summed E-state index contributed by atoms with van der Waals surface area (Å²) in [5.74, 6) is 0.588. The molecule has 1 rings (SSSR count). The summed E-state index contributed by atoms with van der Waals surface area (Å²) in [6.45, 7) is 6.30. The molecule has 0 fully saturated rings. The Labute approximate surface area is 160 Å². The fourth-order valence-electron chi connectivity index (χ4n) is 1.83. The Bertz CT molecular complexity index is 497. The third kappa shape index (κ3) is 10.4. The number of benzene rings is 1. The number of guanidine groups is 1. The van der Waals surface area contributed by atoms with Crippen molar-refractivity contribution in [2.45, 2.75) is 26.7 Å². The number of hydrogen-bond donors (Lipinski definition) is 3. The number of carbonyl (C=O) groups is 1. The molecule has 7 heteroatoms. The van der Waals surface area contributed by atoms with Crippen molar-refractivity contribution in [1.82, 2.24) is 16.0 Å². The van der Waals surface area contributed by atoms with Gasteiger partial charge >= 0.3 is 0 Å². The SMILES string of the molecule is CCCNC(=O)CN=C(NCC)NCCc1cccc(Cl)c1.I. The molecule has 130 valence electrons. The van der Waals surface area contributed by atoms with Gasteiger partial charge in [-0.15, -0.1) is 24.0 Å². The summed E-state index contributed by atoms with van der Waals surface area (Å²) in [7, 11) is 0. The molecular formula is C16H26ClIN4O. The predicted octanol–water partition coefficient (Wildman–Crippen LogP) is 2.58. The molecular weight excluding hydrogens is 427 g/mol. The van der Waals surface area contributed by atoms with Gasteiger partial charge in [-0.05, 0) is 37.5 Å². The maximum absolute atomic E-state index is 11.6. The highest BCUT2D eigenvalue weighted by Gasteiger charge is 2.01. The molecule has 0 atom stereocenters. The molecule has 0 aliphatic heterocycles. The van der Waals surface area contributed by atoms with E-state index in [9.17, 15) is 4.79 Å². The van der Waals surface area contributed by atoms with Crippen LogP contribution in [0.4, 0.5) is 0 Å². The van der Waals surface area contributed by atoms with Gasteiger partial charge < -0.3 is 16.0 Å². The Hall–Kier alpha value is -1.02. The fraction of sp³-hybridized carbons (Fsp3) is 0.500. The number of nitrogens with one attached hydrogen (secondary N) is 3. The minimum Gasteiger partial charge on any atom is -0.357 e. The highest BCUT2D eigenvalue weighted by Crippen LogP contribution is 2.10. The van der Waals surface area contributed by atoms with Crippen molar-refractivity contribution in [3.05, 3.63) is 34.9 Å². The van der Waals surface area contributed by atoms with Crippen molar-refractivity contribution in [3.63, 3.8) is 0 Å². The first-order valence-corrected chi connectivity index (χ1v) is 8.06.